The third kappa shape index (κ3) is 3.29. The summed E-state index contributed by atoms with van der Waals surface area (Å²) in [4.78, 5) is 28.4. The fraction of sp³-hybridized carbons (Fsp3) is 0.440. The van der Waals surface area contributed by atoms with Gasteiger partial charge in [0.15, 0.2) is 5.78 Å². The number of aryl methyl sites for hydroxylation is 2. The Morgan fingerprint density at radius 3 is 2.24 bits per heavy atom. The first kappa shape index (κ1) is 19.8. The lowest BCUT2D eigenvalue weighted by molar-refractivity contribution is -0.134. The second-order valence-electron chi connectivity index (χ2n) is 8.66. The topological polar surface area (TPSA) is 63.4 Å². The second kappa shape index (κ2) is 7.75. The number of fused-ring (bicyclic) bond motifs is 2. The van der Waals surface area contributed by atoms with Gasteiger partial charge in [-0.3, -0.25) is 9.59 Å². The fourth-order valence-electron chi connectivity index (χ4n) is 5.88. The van der Waals surface area contributed by atoms with Crippen LogP contribution in [-0.4, -0.2) is 34.7 Å². The molecule has 0 saturated carbocycles. The van der Waals surface area contributed by atoms with Crippen molar-refractivity contribution in [3.8, 4) is 0 Å². The smallest absolute Gasteiger partial charge is 0.237 e. The first-order chi connectivity index (χ1) is 14.0. The SMILES string of the molecule is Cc1cccc(C)c1C(=O)CC(c1ccccc1)C12CCC(CC1)N2C(=O)CN. The van der Waals surface area contributed by atoms with Crippen LogP contribution in [0.15, 0.2) is 48.5 Å². The molecule has 2 fully saturated rings. The Morgan fingerprint density at radius 2 is 1.66 bits per heavy atom. The monoisotopic (exact) mass is 390 g/mol. The van der Waals surface area contributed by atoms with Crippen LogP contribution in [0.3, 0.4) is 0 Å². The van der Waals surface area contributed by atoms with Crippen LogP contribution in [0, 0.1) is 13.8 Å². The van der Waals surface area contributed by atoms with Gasteiger partial charge in [-0.1, -0.05) is 48.5 Å². The summed E-state index contributed by atoms with van der Waals surface area (Å²) in [6.07, 6.45) is 4.32. The summed E-state index contributed by atoms with van der Waals surface area (Å²) in [6, 6.07) is 16.5. The Morgan fingerprint density at radius 1 is 1.03 bits per heavy atom. The number of amides is 1. The van der Waals surface area contributed by atoms with Gasteiger partial charge >= 0.3 is 0 Å². The van der Waals surface area contributed by atoms with E-state index in [1.165, 1.54) is 0 Å². The van der Waals surface area contributed by atoms with E-state index in [-0.39, 0.29) is 35.7 Å². The van der Waals surface area contributed by atoms with Crippen LogP contribution < -0.4 is 5.73 Å². The van der Waals surface area contributed by atoms with Gasteiger partial charge in [0.1, 0.15) is 0 Å². The van der Waals surface area contributed by atoms with Crippen LogP contribution in [0.4, 0.5) is 0 Å². The maximum absolute atomic E-state index is 13.5. The number of carbonyl (C=O) groups is 2. The lowest BCUT2D eigenvalue weighted by Crippen LogP contribution is -2.51. The Labute approximate surface area is 173 Å². The predicted octanol–water partition coefficient (Wildman–Crippen LogP) is 4.14. The zero-order valence-corrected chi connectivity index (χ0v) is 17.4. The van der Waals surface area contributed by atoms with E-state index >= 15 is 0 Å². The molecule has 1 atom stereocenters. The van der Waals surface area contributed by atoms with Gasteiger partial charge in [0.05, 0.1) is 12.1 Å². The number of carbonyl (C=O) groups excluding carboxylic acids is 2. The minimum atomic E-state index is -0.297. The lowest BCUT2D eigenvalue weighted by Gasteiger charge is -2.42. The van der Waals surface area contributed by atoms with Crippen molar-refractivity contribution >= 4 is 11.7 Å². The third-order valence-electron chi connectivity index (χ3n) is 7.11. The van der Waals surface area contributed by atoms with E-state index in [1.807, 2.05) is 50.2 Å². The molecular weight excluding hydrogens is 360 g/mol. The predicted molar refractivity (Wildman–Crippen MR) is 115 cm³/mol. The highest BCUT2D eigenvalue weighted by Crippen LogP contribution is 2.54. The first-order valence-corrected chi connectivity index (χ1v) is 10.6. The van der Waals surface area contributed by atoms with Crippen molar-refractivity contribution in [1.82, 2.24) is 4.90 Å². The number of ketones is 1. The maximum Gasteiger partial charge on any atom is 0.237 e. The molecule has 2 bridgehead atoms. The number of hydrogen-bond acceptors (Lipinski definition) is 3. The van der Waals surface area contributed by atoms with E-state index in [2.05, 4.69) is 17.0 Å². The standard InChI is InChI=1S/C25H30N2O2/c1-17-7-6-8-18(2)24(17)22(28)15-21(19-9-4-3-5-10-19)25-13-11-20(12-14-25)27(25)23(29)16-26/h3-10,20-21H,11-16,26H2,1-2H3. The van der Waals surface area contributed by atoms with Gasteiger partial charge in [0.2, 0.25) is 5.91 Å². The molecule has 152 valence electrons. The van der Waals surface area contributed by atoms with Crippen LogP contribution in [0.5, 0.6) is 0 Å². The molecular formula is C25H30N2O2. The molecule has 2 aromatic carbocycles. The largest absolute Gasteiger partial charge is 0.332 e. The number of hydrogen-bond donors (Lipinski definition) is 1. The van der Waals surface area contributed by atoms with Crippen molar-refractivity contribution in [2.75, 3.05) is 6.54 Å². The minimum Gasteiger partial charge on any atom is -0.332 e. The number of Topliss-reactive ketones (excluding diaryl/α,β-unsaturated/α-hetero) is 1. The summed E-state index contributed by atoms with van der Waals surface area (Å²) < 4.78 is 0. The van der Waals surface area contributed by atoms with Gasteiger partial charge in [-0.15, -0.1) is 0 Å². The van der Waals surface area contributed by atoms with Crippen molar-refractivity contribution in [2.45, 2.75) is 63.5 Å². The molecule has 4 heteroatoms. The molecule has 0 aromatic heterocycles. The maximum atomic E-state index is 13.5. The molecule has 0 aliphatic carbocycles. The summed E-state index contributed by atoms with van der Waals surface area (Å²) in [6.45, 7) is 4.04. The van der Waals surface area contributed by atoms with Crippen molar-refractivity contribution in [3.05, 3.63) is 70.8 Å². The van der Waals surface area contributed by atoms with Crippen LogP contribution in [0.2, 0.25) is 0 Å². The van der Waals surface area contributed by atoms with Gasteiger partial charge in [0.25, 0.3) is 0 Å². The Hall–Kier alpha value is -2.46. The van der Waals surface area contributed by atoms with Gasteiger partial charge in [-0.25, -0.2) is 0 Å². The molecule has 1 unspecified atom stereocenters. The van der Waals surface area contributed by atoms with Crippen molar-refractivity contribution < 1.29 is 9.59 Å². The van der Waals surface area contributed by atoms with Crippen molar-refractivity contribution in [1.29, 1.82) is 0 Å². The van der Waals surface area contributed by atoms with Crippen molar-refractivity contribution in [2.24, 2.45) is 5.73 Å². The van der Waals surface area contributed by atoms with E-state index in [4.69, 9.17) is 5.73 Å². The highest BCUT2D eigenvalue weighted by Gasteiger charge is 2.57. The highest BCUT2D eigenvalue weighted by molar-refractivity contribution is 5.99. The van der Waals surface area contributed by atoms with Gasteiger partial charge < -0.3 is 10.6 Å². The molecule has 2 aliphatic heterocycles. The van der Waals surface area contributed by atoms with Gasteiger partial charge in [-0.05, 0) is 56.2 Å². The molecule has 0 spiro atoms. The number of nitrogens with zero attached hydrogens (tertiary/aromatic N) is 1. The quantitative estimate of drug-likeness (QED) is 0.754. The number of nitrogens with two attached hydrogens (primary N) is 1. The molecule has 1 amide bonds. The van der Waals surface area contributed by atoms with E-state index in [0.717, 1.165) is 47.9 Å². The molecule has 2 aromatic rings. The molecule has 2 saturated heterocycles. The summed E-state index contributed by atoms with van der Waals surface area (Å²) in [5.41, 5.74) is 9.49. The molecule has 4 rings (SSSR count). The van der Waals surface area contributed by atoms with Crippen molar-refractivity contribution in [3.63, 3.8) is 0 Å². The van der Waals surface area contributed by atoms with Gasteiger partial charge in [0, 0.05) is 23.9 Å². The molecule has 29 heavy (non-hydrogen) atoms. The van der Waals surface area contributed by atoms with E-state index < -0.39 is 0 Å². The lowest BCUT2D eigenvalue weighted by atomic mass is 9.71. The zero-order valence-electron chi connectivity index (χ0n) is 17.4. The van der Waals surface area contributed by atoms with E-state index in [1.54, 1.807) is 0 Å². The number of benzene rings is 2. The minimum absolute atomic E-state index is 0.0155. The molecule has 0 radical (unpaired) electrons. The van der Waals surface area contributed by atoms with E-state index in [0.29, 0.717) is 6.42 Å². The van der Waals surface area contributed by atoms with Crippen LogP contribution in [-0.2, 0) is 4.79 Å². The first-order valence-electron chi connectivity index (χ1n) is 10.6. The summed E-state index contributed by atoms with van der Waals surface area (Å²) in [5, 5.41) is 0. The molecule has 2 N–H and O–H groups in total. The summed E-state index contributed by atoms with van der Waals surface area (Å²) in [7, 11) is 0. The molecule has 4 nitrogen and oxygen atoms in total. The normalized spacial score (nSPS) is 24.0. The Balaban J connectivity index is 1.76. The van der Waals surface area contributed by atoms with Crippen LogP contribution in [0.1, 0.15) is 65.1 Å². The van der Waals surface area contributed by atoms with E-state index in [9.17, 15) is 9.59 Å². The second-order valence-corrected chi connectivity index (χ2v) is 8.66. The molecule has 2 aliphatic rings. The highest BCUT2D eigenvalue weighted by atomic mass is 16.2. The van der Waals surface area contributed by atoms with Crippen LogP contribution in [0.25, 0.3) is 0 Å². The average Bonchev–Trinajstić information content (AvgIpc) is 3.28. The van der Waals surface area contributed by atoms with Gasteiger partial charge in [-0.2, -0.15) is 0 Å². The zero-order chi connectivity index (χ0) is 20.6. The fourth-order valence-corrected chi connectivity index (χ4v) is 5.88. The molecule has 2 heterocycles. The number of rotatable bonds is 6. The summed E-state index contributed by atoms with van der Waals surface area (Å²) in [5.74, 6) is 0.169. The third-order valence-corrected chi connectivity index (χ3v) is 7.11. The summed E-state index contributed by atoms with van der Waals surface area (Å²) >= 11 is 0. The Bertz CT molecular complexity index is 893. The average molecular weight is 391 g/mol. The Kier molecular flexibility index (Phi) is 5.30. The van der Waals surface area contributed by atoms with Crippen LogP contribution >= 0.6 is 0 Å².